The number of likely N-dealkylation sites (tertiary alicyclic amines) is 1. The number of hydrogen-bond acceptors (Lipinski definition) is 5. The minimum atomic E-state index is 0.0328. The zero-order valence-corrected chi connectivity index (χ0v) is 24.3. The van der Waals surface area contributed by atoms with Crippen LogP contribution in [0.2, 0.25) is 0 Å². The lowest BCUT2D eigenvalue weighted by Crippen LogP contribution is -2.32. The molecule has 1 heterocycles. The molecule has 3 aromatic rings. The van der Waals surface area contributed by atoms with E-state index in [1.165, 1.54) is 61.0 Å². The Morgan fingerprint density at radius 1 is 0.875 bits per heavy atom. The first-order chi connectivity index (χ1) is 19.4. The van der Waals surface area contributed by atoms with Gasteiger partial charge in [-0.05, 0) is 116 Å². The lowest BCUT2D eigenvalue weighted by molar-refractivity contribution is 0.214. The number of nitrogens with one attached hydrogen (secondary N) is 1. The van der Waals surface area contributed by atoms with Gasteiger partial charge in [0.25, 0.3) is 0 Å². The molecule has 1 fully saturated rings. The Hall–Kier alpha value is -3.18. The molecule has 2 aliphatic rings. The summed E-state index contributed by atoms with van der Waals surface area (Å²) in [4.78, 5) is 2.53. The van der Waals surface area contributed by atoms with Gasteiger partial charge in [-0.3, -0.25) is 4.90 Å². The predicted molar refractivity (Wildman–Crippen MR) is 164 cm³/mol. The van der Waals surface area contributed by atoms with Gasteiger partial charge in [0.05, 0.1) is 0 Å². The van der Waals surface area contributed by atoms with E-state index in [9.17, 15) is 10.2 Å². The van der Waals surface area contributed by atoms with Crippen molar-refractivity contribution in [3.8, 4) is 17.2 Å². The maximum Gasteiger partial charge on any atom is 0.119 e. The van der Waals surface area contributed by atoms with E-state index in [2.05, 4.69) is 60.5 Å². The van der Waals surface area contributed by atoms with E-state index in [0.29, 0.717) is 11.7 Å². The van der Waals surface area contributed by atoms with Gasteiger partial charge in [-0.15, -0.1) is 0 Å². The molecule has 0 aromatic heterocycles. The van der Waals surface area contributed by atoms with Crippen LogP contribution in [0.15, 0.2) is 60.7 Å². The van der Waals surface area contributed by atoms with E-state index >= 15 is 0 Å². The summed E-state index contributed by atoms with van der Waals surface area (Å²) < 4.78 is 6.02. The highest BCUT2D eigenvalue weighted by molar-refractivity contribution is 5.58. The van der Waals surface area contributed by atoms with Crippen molar-refractivity contribution in [1.29, 1.82) is 0 Å². The topological polar surface area (TPSA) is 65.0 Å². The number of aromatic hydroxyl groups is 2. The number of rotatable bonds is 10. The van der Waals surface area contributed by atoms with Crippen LogP contribution < -0.4 is 10.1 Å². The third-order valence-electron chi connectivity index (χ3n) is 8.87. The maximum atomic E-state index is 10.3. The summed E-state index contributed by atoms with van der Waals surface area (Å²) in [5, 5.41) is 23.9. The second-order valence-corrected chi connectivity index (χ2v) is 12.4. The summed E-state index contributed by atoms with van der Waals surface area (Å²) in [6, 6.07) is 20.1. The number of phenols is 2. The monoisotopic (exact) mass is 542 g/mol. The Morgan fingerprint density at radius 3 is 2.38 bits per heavy atom. The molecule has 1 aliphatic heterocycles. The fourth-order valence-electron chi connectivity index (χ4n) is 6.54. The molecular formula is C35H46N2O3. The summed E-state index contributed by atoms with van der Waals surface area (Å²) >= 11 is 0. The molecule has 1 atom stereocenters. The zero-order chi connectivity index (χ0) is 28.0. The maximum absolute atomic E-state index is 10.3. The summed E-state index contributed by atoms with van der Waals surface area (Å²) in [5.74, 6) is 1.90. The summed E-state index contributed by atoms with van der Waals surface area (Å²) in [5.41, 5.74) is 6.16. The van der Waals surface area contributed by atoms with Crippen LogP contribution in [0.25, 0.3) is 0 Å². The molecule has 5 heteroatoms. The Kier molecular flexibility index (Phi) is 9.21. The van der Waals surface area contributed by atoms with Crippen LogP contribution in [0.3, 0.4) is 0 Å². The average Bonchev–Trinajstić information content (AvgIpc) is 3.20. The highest BCUT2D eigenvalue weighted by Crippen LogP contribution is 2.48. The molecular weight excluding hydrogens is 496 g/mol. The van der Waals surface area contributed by atoms with E-state index in [1.807, 2.05) is 12.1 Å². The minimum absolute atomic E-state index is 0.0328. The van der Waals surface area contributed by atoms with E-state index in [-0.39, 0.29) is 11.2 Å². The molecule has 40 heavy (non-hydrogen) atoms. The van der Waals surface area contributed by atoms with Gasteiger partial charge in [-0.25, -0.2) is 0 Å². The Balaban J connectivity index is 1.13. The fourth-order valence-corrected chi connectivity index (χ4v) is 6.54. The largest absolute Gasteiger partial charge is 0.508 e. The molecule has 5 rings (SSSR count). The SMILES string of the molecule is CC1(C)Cc2cc(O)ccc2CC1c1ccc(O)cc1NCCCc1ccc(OCCN2CCCCCC2)cc1. The van der Waals surface area contributed by atoms with Crippen LogP contribution in [0, 0.1) is 5.41 Å². The van der Waals surface area contributed by atoms with E-state index < -0.39 is 0 Å². The molecule has 0 spiro atoms. The van der Waals surface area contributed by atoms with Gasteiger partial charge in [-0.2, -0.15) is 0 Å². The van der Waals surface area contributed by atoms with E-state index in [0.717, 1.165) is 56.8 Å². The molecule has 0 bridgehead atoms. The van der Waals surface area contributed by atoms with Gasteiger partial charge < -0.3 is 20.3 Å². The first-order valence-corrected chi connectivity index (χ1v) is 15.2. The smallest absolute Gasteiger partial charge is 0.119 e. The number of phenolic OH excluding ortho intramolecular Hbond substituents is 2. The molecule has 1 aliphatic carbocycles. The van der Waals surface area contributed by atoms with Crippen molar-refractivity contribution in [2.24, 2.45) is 5.41 Å². The van der Waals surface area contributed by atoms with Crippen molar-refractivity contribution in [3.63, 3.8) is 0 Å². The van der Waals surface area contributed by atoms with Gasteiger partial charge in [0.1, 0.15) is 23.9 Å². The number of fused-ring (bicyclic) bond motifs is 1. The first kappa shape index (κ1) is 28.4. The van der Waals surface area contributed by atoms with Gasteiger partial charge >= 0.3 is 0 Å². The lowest BCUT2D eigenvalue weighted by atomic mass is 9.64. The lowest BCUT2D eigenvalue weighted by Gasteiger charge is -2.41. The second kappa shape index (κ2) is 13.0. The number of hydrogen-bond donors (Lipinski definition) is 3. The number of nitrogens with zero attached hydrogens (tertiary/aromatic N) is 1. The van der Waals surface area contributed by atoms with Crippen molar-refractivity contribution in [3.05, 3.63) is 82.9 Å². The highest BCUT2D eigenvalue weighted by atomic mass is 16.5. The predicted octanol–water partition coefficient (Wildman–Crippen LogP) is 7.31. The zero-order valence-electron chi connectivity index (χ0n) is 24.3. The first-order valence-electron chi connectivity index (χ1n) is 15.2. The van der Waals surface area contributed by atoms with E-state index in [4.69, 9.17) is 4.74 Å². The minimum Gasteiger partial charge on any atom is -0.508 e. The summed E-state index contributed by atoms with van der Waals surface area (Å²) in [7, 11) is 0. The van der Waals surface area contributed by atoms with Crippen molar-refractivity contribution in [2.75, 3.05) is 38.1 Å². The van der Waals surface area contributed by atoms with Gasteiger partial charge in [0.15, 0.2) is 0 Å². The standard InChI is InChI=1S/C35H46N2O3/c1-35(2)25-28-22-29(38)12-11-27(28)23-33(35)32-16-13-30(39)24-34(32)36-17-7-8-26-9-14-31(15-10-26)40-21-20-37-18-5-3-4-6-19-37/h9-16,22,24,33,36,38-39H,3-8,17-21,23,25H2,1-2H3. The quantitative estimate of drug-likeness (QED) is 0.235. The molecule has 3 N–H and O–H groups in total. The molecule has 0 amide bonds. The molecule has 5 nitrogen and oxygen atoms in total. The Morgan fingerprint density at radius 2 is 1.60 bits per heavy atom. The van der Waals surface area contributed by atoms with Crippen LogP contribution >= 0.6 is 0 Å². The van der Waals surface area contributed by atoms with Gasteiger partial charge in [0.2, 0.25) is 0 Å². The number of aryl methyl sites for hydroxylation is 1. The fraction of sp³-hybridized carbons (Fsp3) is 0.486. The normalized spacial score (nSPS) is 19.0. The second-order valence-electron chi connectivity index (χ2n) is 12.4. The molecule has 214 valence electrons. The molecule has 1 saturated heterocycles. The van der Waals surface area contributed by atoms with Crippen LogP contribution in [0.1, 0.15) is 74.1 Å². The molecule has 3 aromatic carbocycles. The van der Waals surface area contributed by atoms with Crippen molar-refractivity contribution in [2.45, 2.75) is 71.1 Å². The highest BCUT2D eigenvalue weighted by Gasteiger charge is 2.37. The van der Waals surface area contributed by atoms with E-state index in [1.54, 1.807) is 12.1 Å². The van der Waals surface area contributed by atoms with Crippen molar-refractivity contribution in [1.82, 2.24) is 4.90 Å². The number of anilines is 1. The molecule has 1 unspecified atom stereocenters. The Bertz CT molecular complexity index is 1250. The number of benzene rings is 3. The van der Waals surface area contributed by atoms with Crippen molar-refractivity contribution < 1.29 is 14.9 Å². The van der Waals surface area contributed by atoms with Crippen LogP contribution in [0.5, 0.6) is 17.2 Å². The van der Waals surface area contributed by atoms with Crippen LogP contribution in [0.4, 0.5) is 5.69 Å². The van der Waals surface area contributed by atoms with Crippen molar-refractivity contribution >= 4 is 5.69 Å². The van der Waals surface area contributed by atoms with Gasteiger partial charge in [0, 0.05) is 24.8 Å². The third kappa shape index (κ3) is 7.31. The third-order valence-corrected chi connectivity index (χ3v) is 8.87. The summed E-state index contributed by atoms with van der Waals surface area (Å²) in [6.45, 7) is 9.63. The summed E-state index contributed by atoms with van der Waals surface area (Å²) in [6.07, 6.45) is 9.19. The van der Waals surface area contributed by atoms with Gasteiger partial charge in [-0.1, -0.05) is 51.0 Å². The molecule has 0 saturated carbocycles. The van der Waals surface area contributed by atoms with Crippen LogP contribution in [-0.4, -0.2) is 47.9 Å². The number of ether oxygens (including phenoxy) is 1. The van der Waals surface area contributed by atoms with Crippen LogP contribution in [-0.2, 0) is 19.3 Å². The Labute approximate surface area is 240 Å². The molecule has 0 radical (unpaired) electrons. The average molecular weight is 543 g/mol.